The van der Waals surface area contributed by atoms with Crippen molar-refractivity contribution in [3.63, 3.8) is 0 Å². The number of nitrogens with one attached hydrogen (secondary N) is 1. The molecule has 0 amide bonds. The monoisotopic (exact) mass is 423 g/mol. The van der Waals surface area contributed by atoms with Gasteiger partial charge in [0.05, 0.1) is 28.4 Å². The number of anilines is 1. The summed E-state index contributed by atoms with van der Waals surface area (Å²) < 4.78 is 10.9. The van der Waals surface area contributed by atoms with Crippen LogP contribution in [-0.4, -0.2) is 35.9 Å². The average Bonchev–Trinajstić information content (AvgIpc) is 2.60. The maximum Gasteiger partial charge on any atom is 0.341 e. The number of hydrazone groups is 1. The number of hydrogen-bond acceptors (Lipinski definition) is 7. The predicted octanol–water partition coefficient (Wildman–Crippen LogP) is 3.28. The van der Waals surface area contributed by atoms with E-state index in [1.165, 1.54) is 37.6 Å². The van der Waals surface area contributed by atoms with Gasteiger partial charge in [-0.25, -0.2) is 4.79 Å². The average molecular weight is 424 g/mol. The molecule has 0 fully saturated rings. The van der Waals surface area contributed by atoms with Crippen LogP contribution in [0.25, 0.3) is 0 Å². The van der Waals surface area contributed by atoms with Crippen molar-refractivity contribution in [2.45, 2.75) is 0 Å². The van der Waals surface area contributed by atoms with E-state index in [1.54, 1.807) is 12.1 Å². The lowest BCUT2D eigenvalue weighted by Crippen LogP contribution is -2.10. The summed E-state index contributed by atoms with van der Waals surface area (Å²) in [5.74, 6) is -0.482. The van der Waals surface area contributed by atoms with Crippen LogP contribution in [-0.2, 0) is 4.79 Å². The molecule has 10 heteroatoms. The van der Waals surface area contributed by atoms with Crippen molar-refractivity contribution in [1.29, 1.82) is 0 Å². The van der Waals surface area contributed by atoms with E-state index in [1.807, 2.05) is 0 Å². The van der Waals surface area contributed by atoms with Crippen LogP contribution in [0.3, 0.4) is 0 Å². The number of halogens is 1. The predicted molar refractivity (Wildman–Crippen MR) is 98.1 cm³/mol. The molecule has 0 saturated heterocycles. The minimum atomic E-state index is -1.10. The van der Waals surface area contributed by atoms with Gasteiger partial charge in [0.1, 0.15) is 0 Å². The number of nitrogens with zero attached hydrogens (tertiary/aromatic N) is 2. The Hall–Kier alpha value is -3.14. The molecule has 2 rings (SSSR count). The maximum absolute atomic E-state index is 10.6. The van der Waals surface area contributed by atoms with Crippen molar-refractivity contribution < 1.29 is 24.3 Å². The smallest absolute Gasteiger partial charge is 0.341 e. The molecule has 0 aliphatic carbocycles. The third kappa shape index (κ3) is 5.18. The topological polar surface area (TPSA) is 123 Å². The largest absolute Gasteiger partial charge is 0.493 e. The zero-order valence-corrected chi connectivity index (χ0v) is 15.1. The van der Waals surface area contributed by atoms with Crippen LogP contribution in [0.15, 0.2) is 46.0 Å². The zero-order valence-electron chi connectivity index (χ0n) is 13.5. The minimum Gasteiger partial charge on any atom is -0.493 e. The fourth-order valence-corrected chi connectivity index (χ4v) is 2.50. The number of rotatable bonds is 8. The van der Waals surface area contributed by atoms with E-state index >= 15 is 0 Å². The van der Waals surface area contributed by atoms with E-state index in [-0.39, 0.29) is 11.4 Å². The third-order valence-electron chi connectivity index (χ3n) is 3.08. The second-order valence-electron chi connectivity index (χ2n) is 4.89. The van der Waals surface area contributed by atoms with Crippen molar-refractivity contribution in [1.82, 2.24) is 0 Å². The zero-order chi connectivity index (χ0) is 19.1. The van der Waals surface area contributed by atoms with Crippen LogP contribution >= 0.6 is 15.9 Å². The summed E-state index contributed by atoms with van der Waals surface area (Å²) in [5.41, 5.74) is 3.98. The highest BCUT2D eigenvalue weighted by Crippen LogP contribution is 2.36. The number of nitro benzene ring substituents is 1. The van der Waals surface area contributed by atoms with Gasteiger partial charge in [0, 0.05) is 12.1 Å². The van der Waals surface area contributed by atoms with Gasteiger partial charge in [-0.05, 0) is 45.8 Å². The Morgan fingerprint density at radius 1 is 1.38 bits per heavy atom. The SMILES string of the molecule is COc1cc(/C=N/Nc2ccc([N+](=O)[O-])cc2)cc(Br)c1OCC(=O)O. The molecule has 0 aliphatic rings. The molecule has 0 radical (unpaired) electrons. The number of ether oxygens (including phenoxy) is 2. The van der Waals surface area contributed by atoms with Crippen molar-refractivity contribution in [2.75, 3.05) is 19.1 Å². The van der Waals surface area contributed by atoms with Gasteiger partial charge in [0.2, 0.25) is 0 Å². The van der Waals surface area contributed by atoms with Crippen molar-refractivity contribution in [3.8, 4) is 11.5 Å². The number of carboxylic acids is 1. The molecule has 136 valence electrons. The fourth-order valence-electron chi connectivity index (χ4n) is 1.93. The van der Waals surface area contributed by atoms with E-state index in [4.69, 9.17) is 14.6 Å². The van der Waals surface area contributed by atoms with Gasteiger partial charge in [-0.2, -0.15) is 5.10 Å². The van der Waals surface area contributed by atoms with Crippen LogP contribution in [0, 0.1) is 10.1 Å². The molecule has 0 aromatic heterocycles. The lowest BCUT2D eigenvalue weighted by atomic mass is 10.2. The first-order valence-corrected chi connectivity index (χ1v) is 7.95. The highest BCUT2D eigenvalue weighted by molar-refractivity contribution is 9.10. The van der Waals surface area contributed by atoms with E-state index in [2.05, 4.69) is 26.5 Å². The van der Waals surface area contributed by atoms with Gasteiger partial charge in [0.15, 0.2) is 18.1 Å². The number of carbonyl (C=O) groups is 1. The summed E-state index contributed by atoms with van der Waals surface area (Å²) in [7, 11) is 1.44. The molecule has 0 bridgehead atoms. The standard InChI is InChI=1S/C16H14BrN3O6/c1-25-14-7-10(6-13(17)16(14)26-9-15(21)22)8-18-19-11-2-4-12(5-3-11)20(23)24/h2-8,19H,9H2,1H3,(H,21,22)/b18-8+. The van der Waals surface area contributed by atoms with Gasteiger partial charge >= 0.3 is 5.97 Å². The summed E-state index contributed by atoms with van der Waals surface area (Å²) in [4.78, 5) is 20.8. The molecule has 2 aromatic rings. The maximum atomic E-state index is 10.6. The molecular weight excluding hydrogens is 410 g/mol. The quantitative estimate of drug-likeness (QED) is 0.379. The molecule has 2 aromatic carbocycles. The summed E-state index contributed by atoms with van der Waals surface area (Å²) in [6.07, 6.45) is 1.51. The molecular formula is C16H14BrN3O6. The van der Waals surface area contributed by atoms with E-state index in [9.17, 15) is 14.9 Å². The van der Waals surface area contributed by atoms with E-state index in [0.29, 0.717) is 21.5 Å². The number of non-ortho nitro benzene ring substituents is 1. The van der Waals surface area contributed by atoms with Crippen LogP contribution in [0.5, 0.6) is 11.5 Å². The van der Waals surface area contributed by atoms with Crippen LogP contribution in [0.1, 0.15) is 5.56 Å². The Labute approximate surface area is 156 Å². The Bertz CT molecular complexity index is 839. The Morgan fingerprint density at radius 3 is 2.65 bits per heavy atom. The molecule has 0 saturated carbocycles. The van der Waals surface area contributed by atoms with E-state index < -0.39 is 17.5 Å². The minimum absolute atomic E-state index is 0.00912. The highest BCUT2D eigenvalue weighted by Gasteiger charge is 2.12. The normalized spacial score (nSPS) is 10.5. The number of benzene rings is 2. The highest BCUT2D eigenvalue weighted by atomic mass is 79.9. The molecule has 26 heavy (non-hydrogen) atoms. The third-order valence-corrected chi connectivity index (χ3v) is 3.67. The van der Waals surface area contributed by atoms with Crippen molar-refractivity contribution in [3.05, 3.63) is 56.5 Å². The molecule has 0 aliphatic heterocycles. The van der Waals surface area contributed by atoms with Gasteiger partial charge in [0.25, 0.3) is 5.69 Å². The lowest BCUT2D eigenvalue weighted by Gasteiger charge is -2.12. The number of hydrogen-bond donors (Lipinski definition) is 2. The second-order valence-corrected chi connectivity index (χ2v) is 5.74. The number of aliphatic carboxylic acids is 1. The van der Waals surface area contributed by atoms with Gasteiger partial charge in [-0.1, -0.05) is 0 Å². The van der Waals surface area contributed by atoms with Crippen LogP contribution < -0.4 is 14.9 Å². The van der Waals surface area contributed by atoms with Gasteiger partial charge < -0.3 is 14.6 Å². The van der Waals surface area contributed by atoms with Crippen LogP contribution in [0.2, 0.25) is 0 Å². The molecule has 0 heterocycles. The first-order chi connectivity index (χ1) is 12.4. The van der Waals surface area contributed by atoms with Gasteiger partial charge in [-0.3, -0.25) is 15.5 Å². The fraction of sp³-hybridized carbons (Fsp3) is 0.125. The Morgan fingerprint density at radius 2 is 2.08 bits per heavy atom. The van der Waals surface area contributed by atoms with Gasteiger partial charge in [-0.15, -0.1) is 0 Å². The summed E-state index contributed by atoms with van der Waals surface area (Å²) in [5, 5.41) is 23.4. The molecule has 0 unspecified atom stereocenters. The molecule has 9 nitrogen and oxygen atoms in total. The summed E-state index contributed by atoms with van der Waals surface area (Å²) in [6, 6.07) is 9.12. The van der Waals surface area contributed by atoms with Crippen molar-refractivity contribution >= 4 is 39.5 Å². The van der Waals surface area contributed by atoms with Crippen LogP contribution in [0.4, 0.5) is 11.4 Å². The van der Waals surface area contributed by atoms with E-state index in [0.717, 1.165) is 0 Å². The molecule has 0 atom stereocenters. The van der Waals surface area contributed by atoms with Crippen molar-refractivity contribution in [2.24, 2.45) is 5.10 Å². The molecule has 0 spiro atoms. The first kappa shape index (κ1) is 19.2. The molecule has 2 N–H and O–H groups in total. The number of methoxy groups -OCH3 is 1. The Balaban J connectivity index is 2.10. The summed E-state index contributed by atoms with van der Waals surface area (Å²) >= 11 is 3.30. The second kappa shape index (κ2) is 8.81. The first-order valence-electron chi connectivity index (χ1n) is 7.16. The lowest BCUT2D eigenvalue weighted by molar-refractivity contribution is -0.384. The summed E-state index contributed by atoms with van der Waals surface area (Å²) in [6.45, 7) is -0.496. The number of nitro groups is 1. The Kier molecular flexibility index (Phi) is 6.50. The number of carboxylic acid groups (broad SMARTS) is 1.